The fraction of sp³-hybridized carbons (Fsp3) is 1.00. The zero-order valence-electron chi connectivity index (χ0n) is 7.06. The first kappa shape index (κ1) is 8.98. The summed E-state index contributed by atoms with van der Waals surface area (Å²) in [6.07, 6.45) is 6.33. The van der Waals surface area contributed by atoms with Crippen LogP contribution in [0, 0.1) is 5.92 Å². The Morgan fingerprint density at radius 2 is 1.91 bits per heavy atom. The quantitative estimate of drug-likeness (QED) is 0.671. The first-order chi connectivity index (χ1) is 5.33. The molecule has 0 radical (unpaired) electrons. The highest BCUT2D eigenvalue weighted by Crippen LogP contribution is 2.27. The van der Waals surface area contributed by atoms with Crippen LogP contribution in [0.3, 0.4) is 0 Å². The third-order valence-electron chi connectivity index (χ3n) is 2.57. The Morgan fingerprint density at radius 1 is 1.27 bits per heavy atom. The van der Waals surface area contributed by atoms with Crippen LogP contribution in [-0.2, 0) is 0 Å². The molecule has 1 rings (SSSR count). The van der Waals surface area contributed by atoms with E-state index in [0.29, 0.717) is 12.3 Å². The van der Waals surface area contributed by atoms with E-state index in [2.05, 4.69) is 0 Å². The van der Waals surface area contributed by atoms with E-state index >= 15 is 0 Å². The molecule has 66 valence electrons. The van der Waals surface area contributed by atoms with E-state index in [1.54, 1.807) is 0 Å². The lowest BCUT2D eigenvalue weighted by molar-refractivity contribution is 0.236. The van der Waals surface area contributed by atoms with Crippen molar-refractivity contribution in [3.63, 3.8) is 0 Å². The first-order valence-corrected chi connectivity index (χ1v) is 4.67. The molecule has 1 saturated carbocycles. The minimum Gasteiger partial charge on any atom is -0.328 e. The predicted molar refractivity (Wildman–Crippen MR) is 45.1 cm³/mol. The zero-order valence-corrected chi connectivity index (χ0v) is 7.06. The third-order valence-corrected chi connectivity index (χ3v) is 2.57. The van der Waals surface area contributed by atoms with Gasteiger partial charge >= 0.3 is 0 Å². The van der Waals surface area contributed by atoms with Gasteiger partial charge in [0.2, 0.25) is 0 Å². The molecule has 2 heteroatoms. The standard InChI is InChI=1S/C9H18FN/c10-9(7-11)6-8-4-2-1-3-5-8/h8-9H,1-7,11H2/t9-/m0/s1. The average molecular weight is 159 g/mol. The Bertz CT molecular complexity index is 99.7. The minimum absolute atomic E-state index is 0.205. The van der Waals surface area contributed by atoms with Crippen molar-refractivity contribution in [2.45, 2.75) is 44.7 Å². The van der Waals surface area contributed by atoms with Gasteiger partial charge in [0, 0.05) is 6.54 Å². The fourth-order valence-corrected chi connectivity index (χ4v) is 1.88. The molecular weight excluding hydrogens is 141 g/mol. The van der Waals surface area contributed by atoms with Crippen LogP contribution in [-0.4, -0.2) is 12.7 Å². The highest BCUT2D eigenvalue weighted by Gasteiger charge is 2.17. The van der Waals surface area contributed by atoms with Gasteiger partial charge in [-0.15, -0.1) is 0 Å². The lowest BCUT2D eigenvalue weighted by Gasteiger charge is -2.22. The summed E-state index contributed by atoms with van der Waals surface area (Å²) < 4.78 is 12.8. The van der Waals surface area contributed by atoms with Crippen molar-refractivity contribution in [1.29, 1.82) is 0 Å². The molecule has 0 spiro atoms. The maximum Gasteiger partial charge on any atom is 0.113 e. The summed E-state index contributed by atoms with van der Waals surface area (Å²) in [5, 5.41) is 0. The second-order valence-electron chi connectivity index (χ2n) is 3.57. The maximum atomic E-state index is 12.8. The Hall–Kier alpha value is -0.110. The van der Waals surface area contributed by atoms with Crippen molar-refractivity contribution in [3.05, 3.63) is 0 Å². The summed E-state index contributed by atoms with van der Waals surface area (Å²) in [7, 11) is 0. The Kier molecular flexibility index (Phi) is 3.84. The van der Waals surface area contributed by atoms with Gasteiger partial charge < -0.3 is 5.73 Å². The molecule has 0 heterocycles. The van der Waals surface area contributed by atoms with Crippen LogP contribution in [0.15, 0.2) is 0 Å². The van der Waals surface area contributed by atoms with E-state index < -0.39 is 6.17 Å². The van der Waals surface area contributed by atoms with Crippen molar-refractivity contribution in [2.75, 3.05) is 6.54 Å². The fourth-order valence-electron chi connectivity index (χ4n) is 1.88. The summed E-state index contributed by atoms with van der Waals surface area (Å²) >= 11 is 0. The molecule has 0 amide bonds. The van der Waals surface area contributed by atoms with Crippen molar-refractivity contribution in [3.8, 4) is 0 Å². The topological polar surface area (TPSA) is 26.0 Å². The summed E-state index contributed by atoms with van der Waals surface area (Å²) in [5.41, 5.74) is 5.21. The number of hydrogen-bond acceptors (Lipinski definition) is 1. The molecule has 2 N–H and O–H groups in total. The van der Waals surface area contributed by atoms with Gasteiger partial charge in [0.15, 0.2) is 0 Å². The van der Waals surface area contributed by atoms with Crippen molar-refractivity contribution in [2.24, 2.45) is 11.7 Å². The molecule has 0 saturated heterocycles. The molecule has 0 bridgehead atoms. The van der Waals surface area contributed by atoms with Crippen LogP contribution < -0.4 is 5.73 Å². The van der Waals surface area contributed by atoms with Crippen molar-refractivity contribution < 1.29 is 4.39 Å². The largest absolute Gasteiger partial charge is 0.328 e. The molecule has 0 unspecified atom stereocenters. The van der Waals surface area contributed by atoms with Crippen LogP contribution in [0.2, 0.25) is 0 Å². The van der Waals surface area contributed by atoms with Crippen LogP contribution in [0.5, 0.6) is 0 Å². The minimum atomic E-state index is -0.752. The van der Waals surface area contributed by atoms with Crippen LogP contribution in [0.25, 0.3) is 0 Å². The van der Waals surface area contributed by atoms with E-state index in [1.807, 2.05) is 0 Å². The Labute approximate surface area is 68.2 Å². The summed E-state index contributed by atoms with van der Waals surface area (Å²) in [4.78, 5) is 0. The zero-order chi connectivity index (χ0) is 8.10. The van der Waals surface area contributed by atoms with Gasteiger partial charge in [0.05, 0.1) is 0 Å². The van der Waals surface area contributed by atoms with Crippen molar-refractivity contribution in [1.82, 2.24) is 0 Å². The summed E-state index contributed by atoms with van der Waals surface area (Å²) in [6.45, 7) is 0.205. The smallest absolute Gasteiger partial charge is 0.113 e. The van der Waals surface area contributed by atoms with Gasteiger partial charge in [-0.05, 0) is 12.3 Å². The Balaban J connectivity index is 2.13. The number of alkyl halides is 1. The molecule has 1 aliphatic rings. The molecule has 1 atom stereocenters. The SMILES string of the molecule is NC[C@@H](F)CC1CCCCC1. The monoisotopic (exact) mass is 159 g/mol. The van der Waals surface area contributed by atoms with Gasteiger partial charge in [-0.2, -0.15) is 0 Å². The average Bonchev–Trinajstić information content (AvgIpc) is 2.06. The molecule has 0 aliphatic heterocycles. The van der Waals surface area contributed by atoms with E-state index in [4.69, 9.17) is 5.73 Å². The summed E-state index contributed by atoms with van der Waals surface area (Å²) in [5.74, 6) is 0.627. The van der Waals surface area contributed by atoms with Gasteiger partial charge in [0.25, 0.3) is 0 Å². The normalized spacial score (nSPS) is 23.5. The number of hydrogen-bond donors (Lipinski definition) is 1. The molecule has 1 aliphatic carbocycles. The van der Waals surface area contributed by atoms with Gasteiger partial charge in [0.1, 0.15) is 6.17 Å². The molecule has 1 nitrogen and oxygen atoms in total. The highest BCUT2D eigenvalue weighted by atomic mass is 19.1. The molecule has 11 heavy (non-hydrogen) atoms. The van der Waals surface area contributed by atoms with Gasteiger partial charge in [-0.1, -0.05) is 32.1 Å². The molecule has 0 aromatic carbocycles. The van der Waals surface area contributed by atoms with E-state index in [-0.39, 0.29) is 6.54 Å². The highest BCUT2D eigenvalue weighted by molar-refractivity contribution is 4.70. The van der Waals surface area contributed by atoms with Crippen LogP contribution >= 0.6 is 0 Å². The molecule has 0 aromatic heterocycles. The van der Waals surface area contributed by atoms with E-state index in [9.17, 15) is 4.39 Å². The maximum absolute atomic E-state index is 12.8. The number of nitrogens with two attached hydrogens (primary N) is 1. The van der Waals surface area contributed by atoms with Crippen LogP contribution in [0.1, 0.15) is 38.5 Å². The van der Waals surface area contributed by atoms with E-state index in [0.717, 1.165) is 0 Å². The van der Waals surface area contributed by atoms with Gasteiger partial charge in [-0.3, -0.25) is 0 Å². The number of rotatable bonds is 3. The number of halogens is 1. The summed E-state index contributed by atoms with van der Waals surface area (Å²) in [6, 6.07) is 0. The lowest BCUT2D eigenvalue weighted by atomic mass is 9.86. The molecule has 1 fully saturated rings. The molecular formula is C9H18FN. The lowest BCUT2D eigenvalue weighted by Crippen LogP contribution is -2.20. The second-order valence-corrected chi connectivity index (χ2v) is 3.57. The molecule has 0 aromatic rings. The second kappa shape index (κ2) is 4.70. The van der Waals surface area contributed by atoms with Gasteiger partial charge in [-0.25, -0.2) is 4.39 Å². The predicted octanol–water partition coefficient (Wildman–Crippen LogP) is 2.25. The Morgan fingerprint density at radius 3 is 2.45 bits per heavy atom. The van der Waals surface area contributed by atoms with Crippen molar-refractivity contribution >= 4 is 0 Å². The van der Waals surface area contributed by atoms with E-state index in [1.165, 1.54) is 32.1 Å². The first-order valence-electron chi connectivity index (χ1n) is 4.67. The third kappa shape index (κ3) is 3.19. The van der Waals surface area contributed by atoms with Crippen LogP contribution in [0.4, 0.5) is 4.39 Å².